The number of hydrogen-bond acceptors (Lipinski definition) is 6. The first-order chi connectivity index (χ1) is 28.4. The van der Waals surface area contributed by atoms with Gasteiger partial charge < -0.3 is 14.8 Å². The summed E-state index contributed by atoms with van der Waals surface area (Å²) in [6.45, 7) is 13.2. The molecule has 4 atom stereocenters. The molecule has 58 heavy (non-hydrogen) atoms. The van der Waals surface area contributed by atoms with Crippen molar-refractivity contribution in [1.82, 2.24) is 29.6 Å². The molecular weight excluding hydrogens is 719 g/mol. The van der Waals surface area contributed by atoms with Crippen molar-refractivity contribution in [1.29, 1.82) is 0 Å². The maximum absolute atomic E-state index is 14.4. The molecule has 300 valence electrons. The average molecular weight is 776 g/mol. The zero-order valence-electron chi connectivity index (χ0n) is 34.5. The average Bonchev–Trinajstić information content (AvgIpc) is 4.11. The van der Waals surface area contributed by atoms with Crippen molar-refractivity contribution in [2.45, 2.75) is 84.0 Å². The minimum atomic E-state index is -0.320. The van der Waals surface area contributed by atoms with Gasteiger partial charge in [0.15, 0.2) is 0 Å². The second-order valence-corrected chi connectivity index (χ2v) is 15.8. The number of aromatic amines is 1. The summed E-state index contributed by atoms with van der Waals surface area (Å²) in [6.07, 6.45) is 6.72. The molecule has 9 nitrogen and oxygen atoms in total. The van der Waals surface area contributed by atoms with Crippen molar-refractivity contribution in [2.24, 2.45) is 4.99 Å². The molecule has 3 aliphatic heterocycles. The van der Waals surface area contributed by atoms with Gasteiger partial charge >= 0.3 is 0 Å². The van der Waals surface area contributed by atoms with E-state index in [1.807, 2.05) is 36.4 Å². The molecule has 9 heteroatoms. The Bertz CT molecular complexity index is 2270. The highest BCUT2D eigenvalue weighted by atomic mass is 16.2. The summed E-state index contributed by atoms with van der Waals surface area (Å²) in [5, 5.41) is 0. The lowest BCUT2D eigenvalue weighted by Crippen LogP contribution is -2.47. The normalized spacial score (nSPS) is 19.3. The van der Waals surface area contributed by atoms with Crippen LogP contribution >= 0.6 is 0 Å². The smallest absolute Gasteiger partial charge is 0.245 e. The fraction of sp³-hybridized carbons (Fsp3) is 0.388. The van der Waals surface area contributed by atoms with Crippen LogP contribution in [0.5, 0.6) is 0 Å². The summed E-state index contributed by atoms with van der Waals surface area (Å²) < 4.78 is 0. The molecule has 0 radical (unpaired) electrons. The molecule has 1 N–H and O–H groups in total. The van der Waals surface area contributed by atoms with Gasteiger partial charge in [0.1, 0.15) is 17.9 Å². The SMILES string of the molecule is CCN(CC)[C@@H](C(=O)N1CCC[C@H]1C1=NC(c2cccc(-c3ccc4nc([C@@H]5CCCN5C(=O)[C@@H](c5ccccc5)N(CC)CC)[nH]c4c3)c2)=CC1)c1ccccc1. The van der Waals surface area contributed by atoms with E-state index in [1.165, 1.54) is 0 Å². The highest BCUT2D eigenvalue weighted by molar-refractivity contribution is 6.02. The Hall–Kier alpha value is -5.38. The Labute approximate surface area is 343 Å². The van der Waals surface area contributed by atoms with E-state index in [0.717, 1.165) is 127 Å². The van der Waals surface area contributed by atoms with E-state index in [2.05, 4.69) is 125 Å². The van der Waals surface area contributed by atoms with Gasteiger partial charge in [0.25, 0.3) is 0 Å². The number of amides is 2. The fourth-order valence-corrected chi connectivity index (χ4v) is 9.54. The van der Waals surface area contributed by atoms with Gasteiger partial charge in [0.05, 0.1) is 28.8 Å². The number of aromatic nitrogens is 2. The van der Waals surface area contributed by atoms with Crippen molar-refractivity contribution in [2.75, 3.05) is 39.3 Å². The van der Waals surface area contributed by atoms with Crippen LogP contribution in [0.25, 0.3) is 27.9 Å². The molecule has 5 aromatic rings. The number of nitrogens with one attached hydrogen (secondary N) is 1. The molecular formula is C49H57N7O2. The lowest BCUT2D eigenvalue weighted by atomic mass is 10.0. The quantitative estimate of drug-likeness (QED) is 0.122. The van der Waals surface area contributed by atoms with Crippen LogP contribution in [0.15, 0.2) is 114 Å². The second-order valence-electron chi connectivity index (χ2n) is 15.8. The third-order valence-electron chi connectivity index (χ3n) is 12.6. The van der Waals surface area contributed by atoms with Gasteiger partial charge in [0.2, 0.25) is 11.8 Å². The van der Waals surface area contributed by atoms with Crippen LogP contribution in [0.3, 0.4) is 0 Å². The van der Waals surface area contributed by atoms with Gasteiger partial charge in [-0.1, -0.05) is 119 Å². The molecule has 4 aromatic carbocycles. The van der Waals surface area contributed by atoms with Crippen LogP contribution in [-0.4, -0.2) is 92.4 Å². The molecule has 0 spiro atoms. The number of carbonyl (C=O) groups excluding carboxylic acids is 2. The Kier molecular flexibility index (Phi) is 12.0. The van der Waals surface area contributed by atoms with Crippen LogP contribution < -0.4 is 0 Å². The maximum Gasteiger partial charge on any atom is 0.245 e. The fourth-order valence-electron chi connectivity index (χ4n) is 9.54. The van der Waals surface area contributed by atoms with Crippen LogP contribution in [0.4, 0.5) is 0 Å². The summed E-state index contributed by atoms with van der Waals surface area (Å²) in [6, 6.07) is 34.7. The minimum absolute atomic E-state index is 0.00993. The highest BCUT2D eigenvalue weighted by Gasteiger charge is 2.40. The van der Waals surface area contributed by atoms with Crippen molar-refractivity contribution in [3.8, 4) is 11.1 Å². The second kappa shape index (κ2) is 17.6. The molecule has 3 aliphatic rings. The first-order valence-corrected chi connectivity index (χ1v) is 21.5. The lowest BCUT2D eigenvalue weighted by molar-refractivity contribution is -0.138. The van der Waals surface area contributed by atoms with Crippen molar-refractivity contribution < 1.29 is 9.59 Å². The summed E-state index contributed by atoms with van der Waals surface area (Å²) >= 11 is 0. The Morgan fingerprint density at radius 2 is 1.22 bits per heavy atom. The highest BCUT2D eigenvalue weighted by Crippen LogP contribution is 2.37. The number of H-pyrrole nitrogens is 1. The number of rotatable bonds is 14. The van der Waals surface area contributed by atoms with E-state index in [-0.39, 0.29) is 36.0 Å². The van der Waals surface area contributed by atoms with E-state index in [0.29, 0.717) is 0 Å². The van der Waals surface area contributed by atoms with E-state index in [9.17, 15) is 9.59 Å². The molecule has 0 bridgehead atoms. The van der Waals surface area contributed by atoms with Crippen LogP contribution in [0, 0.1) is 0 Å². The molecule has 2 amide bonds. The van der Waals surface area contributed by atoms with Crippen molar-refractivity contribution in [3.05, 3.63) is 132 Å². The number of aliphatic imine (C=N–C) groups is 1. The molecule has 2 saturated heterocycles. The molecule has 0 saturated carbocycles. The molecule has 0 unspecified atom stereocenters. The summed E-state index contributed by atoms with van der Waals surface area (Å²) in [5.41, 5.74) is 9.26. The Balaban J connectivity index is 1.00. The number of nitrogens with zero attached hydrogens (tertiary/aromatic N) is 6. The van der Waals surface area contributed by atoms with Gasteiger partial charge in [-0.3, -0.25) is 24.4 Å². The number of fused-ring (bicyclic) bond motifs is 1. The maximum atomic E-state index is 14.4. The van der Waals surface area contributed by atoms with E-state index < -0.39 is 0 Å². The lowest BCUT2D eigenvalue weighted by Gasteiger charge is -2.35. The first kappa shape index (κ1) is 39.4. The van der Waals surface area contributed by atoms with E-state index in [4.69, 9.17) is 9.98 Å². The Morgan fingerprint density at radius 1 is 0.672 bits per heavy atom. The van der Waals surface area contributed by atoms with Gasteiger partial charge in [0, 0.05) is 30.8 Å². The summed E-state index contributed by atoms with van der Waals surface area (Å²) in [7, 11) is 0. The number of allylic oxidation sites excluding steroid dienone is 1. The van der Waals surface area contributed by atoms with Gasteiger partial charge in [-0.15, -0.1) is 0 Å². The molecule has 0 aliphatic carbocycles. The molecule has 4 heterocycles. The largest absolute Gasteiger partial charge is 0.340 e. The topological polar surface area (TPSA) is 88.1 Å². The standard InChI is InChI=1S/C49H57N7O2/c1-5-53(6-2)45(34-18-11-9-12-19-34)48(57)55-30-16-24-43(55)41-29-28-39(50-41)38-23-15-22-36(32-38)37-26-27-40-42(33-37)52-47(51-40)44-25-17-31-56(44)49(58)46(54(7-3)8-4)35-20-13-10-14-21-35/h9-15,18-23,26-28,32-33,43-46H,5-8,16-17,24-25,29-31H2,1-4H3,(H,51,52)/t43-,44-,45+,46+/m0/s1. The molecule has 1 aromatic heterocycles. The minimum Gasteiger partial charge on any atom is -0.340 e. The van der Waals surface area contributed by atoms with Crippen LogP contribution in [0.2, 0.25) is 0 Å². The number of likely N-dealkylation sites (tertiary alicyclic amines) is 2. The monoisotopic (exact) mass is 775 g/mol. The van der Waals surface area contributed by atoms with Crippen LogP contribution in [0.1, 0.15) is 100 Å². The predicted molar refractivity (Wildman–Crippen MR) is 234 cm³/mol. The van der Waals surface area contributed by atoms with Crippen LogP contribution in [-0.2, 0) is 9.59 Å². The number of benzene rings is 4. The zero-order valence-corrected chi connectivity index (χ0v) is 34.5. The predicted octanol–water partition coefficient (Wildman–Crippen LogP) is 9.24. The summed E-state index contributed by atoms with van der Waals surface area (Å²) in [4.78, 5) is 51.3. The van der Waals surface area contributed by atoms with Crippen molar-refractivity contribution in [3.63, 3.8) is 0 Å². The third-order valence-corrected chi connectivity index (χ3v) is 12.6. The number of carbonyl (C=O) groups is 2. The van der Waals surface area contributed by atoms with E-state index >= 15 is 0 Å². The number of imidazole rings is 1. The third kappa shape index (κ3) is 7.77. The van der Waals surface area contributed by atoms with Gasteiger partial charge in [-0.05, 0) is 92.3 Å². The number of likely N-dealkylation sites (N-methyl/N-ethyl adjacent to an activating group) is 2. The molecule has 2 fully saturated rings. The van der Waals surface area contributed by atoms with Gasteiger partial charge in [-0.2, -0.15) is 0 Å². The zero-order chi connectivity index (χ0) is 40.2. The number of hydrogen-bond donors (Lipinski definition) is 1. The molecule has 8 rings (SSSR count). The summed E-state index contributed by atoms with van der Waals surface area (Å²) in [5.74, 6) is 1.17. The van der Waals surface area contributed by atoms with Crippen molar-refractivity contribution >= 4 is 34.3 Å². The Morgan fingerprint density at radius 3 is 1.83 bits per heavy atom. The first-order valence-electron chi connectivity index (χ1n) is 21.5. The van der Waals surface area contributed by atoms with Gasteiger partial charge in [-0.25, -0.2) is 4.98 Å². The van der Waals surface area contributed by atoms with E-state index in [1.54, 1.807) is 0 Å².